The lowest BCUT2D eigenvalue weighted by Crippen LogP contribution is -2.55. The standard InChI is InChI=1S/C15H21NO3/c1-15(2,3)12-8-19-14(18)16(12)13-10-5-4-9(6-10)7-11(13)17/h4-5,9-10,12-13H,6-8H2,1-3H3/t9-,10+,12-,13+/m1/s1. The highest BCUT2D eigenvalue weighted by molar-refractivity contribution is 5.90. The summed E-state index contributed by atoms with van der Waals surface area (Å²) < 4.78 is 5.22. The van der Waals surface area contributed by atoms with Gasteiger partial charge in [0.05, 0.1) is 6.04 Å². The molecule has 1 saturated carbocycles. The number of allylic oxidation sites excluding steroid dienone is 1. The first kappa shape index (κ1) is 12.7. The maximum Gasteiger partial charge on any atom is 0.410 e. The molecule has 1 heterocycles. The molecule has 2 bridgehead atoms. The second kappa shape index (κ2) is 4.09. The van der Waals surface area contributed by atoms with E-state index in [4.69, 9.17) is 4.74 Å². The molecule has 1 amide bonds. The van der Waals surface area contributed by atoms with E-state index in [1.807, 2.05) is 0 Å². The van der Waals surface area contributed by atoms with E-state index >= 15 is 0 Å². The molecule has 0 aromatic carbocycles. The van der Waals surface area contributed by atoms with Gasteiger partial charge in [0.1, 0.15) is 12.6 Å². The van der Waals surface area contributed by atoms with Gasteiger partial charge in [-0.2, -0.15) is 0 Å². The average Bonchev–Trinajstić information content (AvgIpc) is 2.84. The lowest BCUT2D eigenvalue weighted by Gasteiger charge is -2.40. The van der Waals surface area contributed by atoms with Crippen molar-refractivity contribution >= 4 is 11.9 Å². The van der Waals surface area contributed by atoms with Gasteiger partial charge in [-0.3, -0.25) is 9.69 Å². The zero-order chi connectivity index (χ0) is 13.8. The molecule has 4 atom stereocenters. The van der Waals surface area contributed by atoms with Gasteiger partial charge in [0.2, 0.25) is 0 Å². The lowest BCUT2D eigenvalue weighted by molar-refractivity contribution is -0.128. The predicted molar refractivity (Wildman–Crippen MR) is 70.6 cm³/mol. The zero-order valence-electron chi connectivity index (χ0n) is 11.8. The number of nitrogens with zero attached hydrogens (tertiary/aromatic N) is 1. The summed E-state index contributed by atoms with van der Waals surface area (Å²) in [5.74, 6) is 0.765. The highest BCUT2D eigenvalue weighted by atomic mass is 16.6. The Morgan fingerprint density at radius 1 is 1.26 bits per heavy atom. The molecular weight excluding hydrogens is 242 g/mol. The SMILES string of the molecule is CC(C)(C)[C@H]1COC(=O)N1[C@@H]1C(=O)C[C@@H]2C=C[C@H]1C2. The maximum atomic E-state index is 12.4. The Kier molecular flexibility index (Phi) is 2.73. The van der Waals surface area contributed by atoms with Crippen LogP contribution in [0.3, 0.4) is 0 Å². The quantitative estimate of drug-likeness (QED) is 0.682. The molecule has 1 saturated heterocycles. The average molecular weight is 263 g/mol. The van der Waals surface area contributed by atoms with Gasteiger partial charge < -0.3 is 4.74 Å². The third-order valence-electron chi connectivity index (χ3n) is 4.61. The molecule has 0 aromatic rings. The monoisotopic (exact) mass is 263 g/mol. The molecule has 19 heavy (non-hydrogen) atoms. The van der Waals surface area contributed by atoms with Crippen LogP contribution in [0.25, 0.3) is 0 Å². The Balaban J connectivity index is 1.92. The minimum atomic E-state index is -0.322. The topological polar surface area (TPSA) is 46.6 Å². The highest BCUT2D eigenvalue weighted by Crippen LogP contribution is 2.41. The maximum absolute atomic E-state index is 12.4. The number of hydrogen-bond donors (Lipinski definition) is 0. The summed E-state index contributed by atoms with van der Waals surface area (Å²) in [5.41, 5.74) is -0.0778. The first-order valence-corrected chi connectivity index (χ1v) is 7.04. The van der Waals surface area contributed by atoms with Gasteiger partial charge in [0, 0.05) is 12.3 Å². The minimum absolute atomic E-state index is 0.0144. The Labute approximate surface area is 113 Å². The van der Waals surface area contributed by atoms with E-state index in [-0.39, 0.29) is 35.3 Å². The number of amides is 1. The summed E-state index contributed by atoms with van der Waals surface area (Å²) in [7, 11) is 0. The van der Waals surface area contributed by atoms with Gasteiger partial charge in [-0.05, 0) is 17.8 Å². The van der Waals surface area contributed by atoms with Crippen LogP contribution in [0.1, 0.15) is 33.6 Å². The number of rotatable bonds is 1. The van der Waals surface area contributed by atoms with Crippen molar-refractivity contribution in [2.24, 2.45) is 17.3 Å². The van der Waals surface area contributed by atoms with Gasteiger partial charge in [0.25, 0.3) is 0 Å². The predicted octanol–water partition coefficient (Wildman–Crippen LogP) is 2.39. The first-order valence-electron chi connectivity index (χ1n) is 7.04. The number of fused-ring (bicyclic) bond motifs is 2. The second-order valence-corrected chi connectivity index (χ2v) is 7.03. The van der Waals surface area contributed by atoms with Crippen LogP contribution in [0, 0.1) is 17.3 Å². The van der Waals surface area contributed by atoms with Crippen LogP contribution in [-0.4, -0.2) is 35.5 Å². The second-order valence-electron chi connectivity index (χ2n) is 7.03. The number of cyclic esters (lactones) is 1. The van der Waals surface area contributed by atoms with Crippen molar-refractivity contribution in [2.75, 3.05) is 6.61 Å². The van der Waals surface area contributed by atoms with E-state index in [2.05, 4.69) is 32.9 Å². The van der Waals surface area contributed by atoms with Gasteiger partial charge in [-0.1, -0.05) is 32.9 Å². The van der Waals surface area contributed by atoms with Crippen molar-refractivity contribution in [3.8, 4) is 0 Å². The molecule has 1 aliphatic heterocycles. The summed E-state index contributed by atoms with van der Waals surface area (Å²) in [5, 5.41) is 0. The van der Waals surface area contributed by atoms with Gasteiger partial charge in [-0.15, -0.1) is 0 Å². The number of ether oxygens (including phenoxy) is 1. The van der Waals surface area contributed by atoms with E-state index in [0.717, 1.165) is 6.42 Å². The fourth-order valence-corrected chi connectivity index (χ4v) is 3.58. The number of carbonyl (C=O) groups is 2. The summed E-state index contributed by atoms with van der Waals surface area (Å²) in [6.07, 6.45) is 5.49. The molecule has 4 heteroatoms. The molecule has 3 aliphatic rings. The van der Waals surface area contributed by atoms with E-state index in [9.17, 15) is 9.59 Å². The summed E-state index contributed by atoms with van der Waals surface area (Å²) >= 11 is 0. The molecule has 0 unspecified atom stereocenters. The Morgan fingerprint density at radius 3 is 2.68 bits per heavy atom. The van der Waals surface area contributed by atoms with Crippen LogP contribution in [0.4, 0.5) is 4.79 Å². The molecule has 0 radical (unpaired) electrons. The number of ketones is 1. The van der Waals surface area contributed by atoms with E-state index in [1.165, 1.54) is 0 Å². The fourth-order valence-electron chi connectivity index (χ4n) is 3.58. The van der Waals surface area contributed by atoms with Gasteiger partial charge in [-0.25, -0.2) is 4.79 Å². The van der Waals surface area contributed by atoms with Crippen LogP contribution < -0.4 is 0 Å². The molecule has 0 N–H and O–H groups in total. The zero-order valence-corrected chi connectivity index (χ0v) is 11.8. The smallest absolute Gasteiger partial charge is 0.410 e. The third kappa shape index (κ3) is 1.97. The van der Waals surface area contributed by atoms with E-state index < -0.39 is 0 Å². The fraction of sp³-hybridized carbons (Fsp3) is 0.733. The number of carbonyl (C=O) groups excluding carboxylic acids is 2. The van der Waals surface area contributed by atoms with E-state index in [1.54, 1.807) is 4.90 Å². The largest absolute Gasteiger partial charge is 0.447 e. The summed E-state index contributed by atoms with van der Waals surface area (Å²) in [6, 6.07) is -0.325. The molecule has 0 aromatic heterocycles. The highest BCUT2D eigenvalue weighted by Gasteiger charge is 2.51. The van der Waals surface area contributed by atoms with Crippen LogP contribution in [0.15, 0.2) is 12.2 Å². The molecular formula is C15H21NO3. The van der Waals surface area contributed by atoms with Crippen molar-refractivity contribution in [2.45, 2.75) is 45.7 Å². The minimum Gasteiger partial charge on any atom is -0.447 e. The van der Waals surface area contributed by atoms with Crippen LogP contribution >= 0.6 is 0 Å². The molecule has 0 spiro atoms. The Hall–Kier alpha value is -1.32. The first-order chi connectivity index (χ1) is 8.88. The summed E-state index contributed by atoms with van der Waals surface area (Å²) in [4.78, 5) is 26.2. The van der Waals surface area contributed by atoms with Crippen molar-refractivity contribution < 1.29 is 14.3 Å². The van der Waals surface area contributed by atoms with Crippen molar-refractivity contribution in [3.63, 3.8) is 0 Å². The van der Waals surface area contributed by atoms with Gasteiger partial charge in [0.15, 0.2) is 5.78 Å². The van der Waals surface area contributed by atoms with Gasteiger partial charge >= 0.3 is 6.09 Å². The normalized spacial score (nSPS) is 37.9. The molecule has 2 fully saturated rings. The molecule has 2 aliphatic carbocycles. The van der Waals surface area contributed by atoms with Crippen molar-refractivity contribution in [1.82, 2.24) is 4.90 Å². The van der Waals surface area contributed by atoms with Crippen LogP contribution in [0.5, 0.6) is 0 Å². The van der Waals surface area contributed by atoms with Crippen molar-refractivity contribution in [1.29, 1.82) is 0 Å². The number of hydrogen-bond acceptors (Lipinski definition) is 3. The summed E-state index contributed by atoms with van der Waals surface area (Å²) in [6.45, 7) is 6.67. The van der Waals surface area contributed by atoms with Crippen molar-refractivity contribution in [3.05, 3.63) is 12.2 Å². The van der Waals surface area contributed by atoms with Crippen LogP contribution in [0.2, 0.25) is 0 Å². The molecule has 4 nitrogen and oxygen atoms in total. The Morgan fingerprint density at radius 2 is 2.00 bits per heavy atom. The number of Topliss-reactive ketones (excluding diaryl/α,β-unsaturated/α-hetero) is 1. The van der Waals surface area contributed by atoms with Crippen LogP contribution in [-0.2, 0) is 9.53 Å². The third-order valence-corrected chi connectivity index (χ3v) is 4.61. The molecule has 104 valence electrons. The molecule has 3 rings (SSSR count). The lowest BCUT2D eigenvalue weighted by atomic mass is 9.79. The Bertz CT molecular complexity index is 449. The van der Waals surface area contributed by atoms with E-state index in [0.29, 0.717) is 18.9 Å².